The first-order chi connectivity index (χ1) is 11.4. The lowest BCUT2D eigenvalue weighted by atomic mass is 10.1. The summed E-state index contributed by atoms with van der Waals surface area (Å²) < 4.78 is 0. The Kier molecular flexibility index (Phi) is 10.8. The molecule has 0 heterocycles. The number of hydrogen-bond acceptors (Lipinski definition) is 6. The molecule has 0 aliphatic carbocycles. The van der Waals surface area contributed by atoms with Crippen molar-refractivity contribution in [3.8, 4) is 0 Å². The lowest BCUT2D eigenvalue weighted by Gasteiger charge is -2.16. The molecular weight excluding hydrogens is 368 g/mol. The van der Waals surface area contributed by atoms with Crippen molar-refractivity contribution in [3.63, 3.8) is 0 Å². The highest BCUT2D eigenvalue weighted by atomic mass is 35.5. The van der Waals surface area contributed by atoms with Crippen LogP contribution in [-0.4, -0.2) is 35.1 Å². The van der Waals surface area contributed by atoms with Crippen molar-refractivity contribution in [2.75, 3.05) is 12.3 Å². The van der Waals surface area contributed by atoms with Gasteiger partial charge < -0.3 is 16.8 Å². The molecule has 25 heavy (non-hydrogen) atoms. The molecule has 5 N–H and O–H groups in total. The minimum Gasteiger partial charge on any atom is -0.366 e. The Balaban J connectivity index is 0.00000576. The lowest BCUT2D eigenvalue weighted by Crippen LogP contribution is -2.41. The molecule has 0 aliphatic heterocycles. The smallest absolute Gasteiger partial charge is 0.283 e. The summed E-state index contributed by atoms with van der Waals surface area (Å²) in [4.78, 5) is 33.9. The van der Waals surface area contributed by atoms with Gasteiger partial charge >= 0.3 is 0 Å². The highest BCUT2D eigenvalue weighted by molar-refractivity contribution is 8.00. The number of halogens is 1. The largest absolute Gasteiger partial charge is 0.366 e. The van der Waals surface area contributed by atoms with Crippen LogP contribution in [0, 0.1) is 10.1 Å². The van der Waals surface area contributed by atoms with Crippen LogP contribution in [0.25, 0.3) is 0 Å². The standard InChI is InChI=1S/C15H22N4O4S.ClH/c1-2-3-4-11(8-16)18-14(20)9-24-13-6-5-10(15(17)21)7-12(13)19(22)23;/h5-7,11H,2-4,8-9,16H2,1H3,(H2,17,21)(H,18,20);1H. The molecule has 2 amide bonds. The number of nitrogens with one attached hydrogen (secondary N) is 1. The first-order valence-electron chi connectivity index (χ1n) is 7.59. The average Bonchev–Trinajstić information content (AvgIpc) is 2.56. The van der Waals surface area contributed by atoms with Gasteiger partial charge in [0, 0.05) is 24.2 Å². The van der Waals surface area contributed by atoms with E-state index in [9.17, 15) is 19.7 Å². The lowest BCUT2D eigenvalue weighted by molar-refractivity contribution is -0.387. The third-order valence-electron chi connectivity index (χ3n) is 3.35. The van der Waals surface area contributed by atoms with Crippen LogP contribution in [-0.2, 0) is 4.79 Å². The average molecular weight is 391 g/mol. The fourth-order valence-corrected chi connectivity index (χ4v) is 2.86. The predicted molar refractivity (Wildman–Crippen MR) is 100 cm³/mol. The zero-order valence-electron chi connectivity index (χ0n) is 13.9. The quantitative estimate of drug-likeness (QED) is 0.316. The van der Waals surface area contributed by atoms with E-state index < -0.39 is 10.8 Å². The number of carbonyl (C=O) groups is 2. The van der Waals surface area contributed by atoms with Gasteiger partial charge in [-0.2, -0.15) is 0 Å². The third-order valence-corrected chi connectivity index (χ3v) is 4.42. The van der Waals surface area contributed by atoms with Crippen LogP contribution in [0.15, 0.2) is 23.1 Å². The maximum absolute atomic E-state index is 12.0. The number of nitrogens with zero attached hydrogens (tertiary/aromatic N) is 1. The number of primary amides is 1. The molecule has 0 saturated carbocycles. The van der Waals surface area contributed by atoms with Gasteiger partial charge in [0.25, 0.3) is 5.69 Å². The van der Waals surface area contributed by atoms with E-state index in [1.165, 1.54) is 12.1 Å². The van der Waals surface area contributed by atoms with Crippen LogP contribution in [0.4, 0.5) is 5.69 Å². The third kappa shape index (κ3) is 7.72. The summed E-state index contributed by atoms with van der Waals surface area (Å²) in [5, 5.41) is 13.9. The van der Waals surface area contributed by atoms with Crippen LogP contribution in [0.1, 0.15) is 36.5 Å². The molecule has 1 rings (SSSR count). The topological polar surface area (TPSA) is 141 Å². The van der Waals surface area contributed by atoms with Crippen LogP contribution in [0.5, 0.6) is 0 Å². The molecule has 0 aromatic heterocycles. The van der Waals surface area contributed by atoms with E-state index in [4.69, 9.17) is 11.5 Å². The Hall–Kier alpha value is -1.84. The van der Waals surface area contributed by atoms with Gasteiger partial charge in [0.05, 0.1) is 15.6 Å². The molecule has 0 spiro atoms. The van der Waals surface area contributed by atoms with Gasteiger partial charge in [-0.1, -0.05) is 19.8 Å². The number of amides is 2. The number of nitro benzene ring substituents is 1. The van der Waals surface area contributed by atoms with Crippen molar-refractivity contribution in [1.29, 1.82) is 0 Å². The zero-order valence-corrected chi connectivity index (χ0v) is 15.5. The molecule has 1 atom stereocenters. The monoisotopic (exact) mass is 390 g/mol. The van der Waals surface area contributed by atoms with Crippen LogP contribution in [0.2, 0.25) is 0 Å². The first-order valence-corrected chi connectivity index (χ1v) is 8.58. The minimum atomic E-state index is -0.742. The van der Waals surface area contributed by atoms with Crippen molar-refractivity contribution >= 4 is 41.7 Å². The Bertz CT molecular complexity index is 615. The second-order valence-corrected chi connectivity index (χ2v) is 6.25. The summed E-state index contributed by atoms with van der Waals surface area (Å²) in [6.07, 6.45) is 2.78. The SMILES string of the molecule is CCCCC(CN)NC(=O)CSc1ccc(C(N)=O)cc1[N+](=O)[O-].Cl. The summed E-state index contributed by atoms with van der Waals surface area (Å²) in [6, 6.07) is 3.85. The number of nitro groups is 1. The zero-order chi connectivity index (χ0) is 18.1. The predicted octanol–water partition coefficient (Wildman–Crippen LogP) is 1.84. The van der Waals surface area contributed by atoms with Gasteiger partial charge in [-0.05, 0) is 18.6 Å². The van der Waals surface area contributed by atoms with Crippen LogP contribution < -0.4 is 16.8 Å². The highest BCUT2D eigenvalue weighted by Gasteiger charge is 2.18. The van der Waals surface area contributed by atoms with Crippen molar-refractivity contribution in [2.45, 2.75) is 37.1 Å². The van der Waals surface area contributed by atoms with E-state index in [-0.39, 0.29) is 41.4 Å². The summed E-state index contributed by atoms with van der Waals surface area (Å²) in [5.74, 6) is -0.951. The Morgan fingerprint density at radius 2 is 2.08 bits per heavy atom. The molecule has 0 radical (unpaired) electrons. The molecule has 140 valence electrons. The van der Waals surface area contributed by atoms with Crippen molar-refractivity contribution in [2.24, 2.45) is 11.5 Å². The van der Waals surface area contributed by atoms with Crippen LogP contribution in [0.3, 0.4) is 0 Å². The molecule has 0 fully saturated rings. The van der Waals surface area contributed by atoms with E-state index in [0.717, 1.165) is 37.1 Å². The number of nitrogens with two attached hydrogens (primary N) is 2. The van der Waals surface area contributed by atoms with Crippen LogP contribution >= 0.6 is 24.2 Å². The van der Waals surface area contributed by atoms with Gasteiger partial charge in [-0.25, -0.2) is 0 Å². The molecule has 8 nitrogen and oxygen atoms in total. The molecule has 10 heteroatoms. The fourth-order valence-electron chi connectivity index (χ4n) is 2.05. The van der Waals surface area contributed by atoms with Gasteiger partial charge in [0.1, 0.15) is 0 Å². The molecular formula is C15H23ClN4O4S. The second-order valence-electron chi connectivity index (χ2n) is 5.23. The van der Waals surface area contributed by atoms with Gasteiger partial charge in [0.2, 0.25) is 11.8 Å². The summed E-state index contributed by atoms with van der Waals surface area (Å²) in [6.45, 7) is 2.41. The number of benzene rings is 1. The minimum absolute atomic E-state index is 0. The molecule has 1 unspecified atom stereocenters. The van der Waals surface area contributed by atoms with Crippen molar-refractivity contribution in [1.82, 2.24) is 5.32 Å². The van der Waals surface area contributed by atoms with E-state index >= 15 is 0 Å². The molecule has 0 aliphatic rings. The number of rotatable bonds is 10. The van der Waals surface area contributed by atoms with E-state index in [1.807, 2.05) is 0 Å². The Labute approximate surface area is 156 Å². The van der Waals surface area contributed by atoms with E-state index in [2.05, 4.69) is 12.2 Å². The van der Waals surface area contributed by atoms with Gasteiger partial charge in [-0.15, -0.1) is 24.2 Å². The van der Waals surface area contributed by atoms with Crippen molar-refractivity contribution in [3.05, 3.63) is 33.9 Å². The highest BCUT2D eigenvalue weighted by Crippen LogP contribution is 2.29. The molecule has 1 aromatic carbocycles. The summed E-state index contributed by atoms with van der Waals surface area (Å²) >= 11 is 1.03. The Morgan fingerprint density at radius 1 is 1.40 bits per heavy atom. The summed E-state index contributed by atoms with van der Waals surface area (Å²) in [5.41, 5.74) is 10.6. The molecule has 1 aromatic rings. The number of carbonyl (C=O) groups excluding carboxylic acids is 2. The summed E-state index contributed by atoms with van der Waals surface area (Å²) in [7, 11) is 0. The molecule has 0 bridgehead atoms. The van der Waals surface area contributed by atoms with Gasteiger partial charge in [-0.3, -0.25) is 19.7 Å². The Morgan fingerprint density at radius 3 is 2.60 bits per heavy atom. The maximum Gasteiger partial charge on any atom is 0.283 e. The number of thioether (sulfide) groups is 1. The normalized spacial score (nSPS) is 11.3. The maximum atomic E-state index is 12.0. The fraction of sp³-hybridized carbons (Fsp3) is 0.467. The first kappa shape index (κ1) is 23.2. The van der Waals surface area contributed by atoms with Gasteiger partial charge in [0.15, 0.2) is 0 Å². The second kappa shape index (κ2) is 11.7. The molecule has 0 saturated heterocycles. The van der Waals surface area contributed by atoms with Crippen molar-refractivity contribution < 1.29 is 14.5 Å². The van der Waals surface area contributed by atoms with E-state index in [1.54, 1.807) is 0 Å². The number of unbranched alkanes of at least 4 members (excludes halogenated alkanes) is 1. The number of hydrogen-bond donors (Lipinski definition) is 3. The van der Waals surface area contributed by atoms with E-state index in [0.29, 0.717) is 11.4 Å².